The van der Waals surface area contributed by atoms with Crippen LogP contribution in [0.4, 0.5) is 5.69 Å². The highest BCUT2D eigenvalue weighted by Crippen LogP contribution is 2.92. The number of fused-ring (bicyclic) bond motifs is 13. The van der Waals surface area contributed by atoms with Crippen LogP contribution in [0.2, 0.25) is 0 Å². The zero-order chi connectivity index (χ0) is 20.2. The minimum Gasteiger partial charge on any atom is -0.355 e. The van der Waals surface area contributed by atoms with Gasteiger partial charge >= 0.3 is 0 Å². The number of hydrogen-bond acceptors (Lipinski definition) is 3. The number of carbonyl (C=O) groups is 1. The standard InChI is InChI=1S/C25H31N3OS/c1-30-24(26)28-13-4-2-12(3-5-13)10-18(29)27-11-25-21-16-8-6-14(16)19(21)23(25)20-15-7-9-17(15)22(20)25/h2-5,14-17,19-23H,6-11H2,1H3,(H2,26,28)(H,27,29). The van der Waals surface area contributed by atoms with Crippen molar-refractivity contribution in [2.75, 3.05) is 18.1 Å². The zero-order valence-electron chi connectivity index (χ0n) is 17.6. The van der Waals surface area contributed by atoms with Gasteiger partial charge in [0, 0.05) is 12.2 Å². The number of rotatable bonds is 5. The van der Waals surface area contributed by atoms with Crippen LogP contribution < -0.4 is 10.6 Å². The maximum Gasteiger partial charge on any atom is 0.224 e. The Morgan fingerprint density at radius 1 is 1.00 bits per heavy atom. The van der Waals surface area contributed by atoms with E-state index in [-0.39, 0.29) is 5.91 Å². The van der Waals surface area contributed by atoms with Crippen molar-refractivity contribution < 1.29 is 4.79 Å². The molecule has 0 aliphatic heterocycles. The van der Waals surface area contributed by atoms with Crippen LogP contribution in [0.5, 0.6) is 0 Å². The molecule has 6 aliphatic carbocycles. The van der Waals surface area contributed by atoms with Crippen molar-refractivity contribution in [1.29, 1.82) is 5.41 Å². The fourth-order valence-corrected chi connectivity index (χ4v) is 9.62. The Hall–Kier alpha value is -1.49. The van der Waals surface area contributed by atoms with E-state index in [1.165, 1.54) is 37.4 Å². The van der Waals surface area contributed by atoms with Crippen LogP contribution >= 0.6 is 11.8 Å². The largest absolute Gasteiger partial charge is 0.355 e. The molecule has 1 amide bonds. The molecule has 0 spiro atoms. The van der Waals surface area contributed by atoms with Gasteiger partial charge in [-0.2, -0.15) is 0 Å². The number of nitrogens with one attached hydrogen (secondary N) is 3. The number of hydrogen-bond donors (Lipinski definition) is 3. The lowest BCUT2D eigenvalue weighted by Gasteiger charge is -2.93. The molecular weight excluding hydrogens is 390 g/mol. The van der Waals surface area contributed by atoms with Crippen LogP contribution in [0, 0.1) is 64.1 Å². The van der Waals surface area contributed by atoms with Crippen molar-refractivity contribution in [2.24, 2.45) is 58.7 Å². The zero-order valence-corrected chi connectivity index (χ0v) is 18.4. The fraction of sp³-hybridized carbons (Fsp3) is 0.680. The summed E-state index contributed by atoms with van der Waals surface area (Å²) < 4.78 is 0. The van der Waals surface area contributed by atoms with Crippen LogP contribution in [-0.2, 0) is 11.2 Å². The van der Waals surface area contributed by atoms with Gasteiger partial charge in [-0.15, -0.1) is 0 Å². The van der Waals surface area contributed by atoms with E-state index in [0.717, 1.165) is 71.1 Å². The highest BCUT2D eigenvalue weighted by molar-refractivity contribution is 8.13. The summed E-state index contributed by atoms with van der Waals surface area (Å²) in [7, 11) is 0. The van der Waals surface area contributed by atoms with Crippen LogP contribution in [0.1, 0.15) is 31.2 Å². The topological polar surface area (TPSA) is 65.0 Å². The Morgan fingerprint density at radius 2 is 1.60 bits per heavy atom. The molecule has 0 radical (unpaired) electrons. The van der Waals surface area contributed by atoms with Crippen molar-refractivity contribution in [3.8, 4) is 0 Å². The van der Waals surface area contributed by atoms with Gasteiger partial charge in [0.1, 0.15) is 0 Å². The predicted octanol–water partition coefficient (Wildman–Crippen LogP) is 4.23. The molecule has 3 N–H and O–H groups in total. The summed E-state index contributed by atoms with van der Waals surface area (Å²) in [4.78, 5) is 12.8. The summed E-state index contributed by atoms with van der Waals surface area (Å²) in [5.74, 6) is 9.34. The lowest BCUT2D eigenvalue weighted by atomic mass is 9.11. The summed E-state index contributed by atoms with van der Waals surface area (Å²) in [5, 5.41) is 14.6. The van der Waals surface area contributed by atoms with Gasteiger partial charge in [-0.1, -0.05) is 23.9 Å². The molecule has 8 unspecified atom stereocenters. The Labute approximate surface area is 182 Å². The molecule has 0 saturated heterocycles. The van der Waals surface area contributed by atoms with E-state index in [4.69, 9.17) is 5.41 Å². The number of amides is 1. The van der Waals surface area contributed by atoms with Crippen LogP contribution in [0.25, 0.3) is 0 Å². The van der Waals surface area contributed by atoms with E-state index in [9.17, 15) is 4.79 Å². The molecule has 6 aliphatic rings. The maximum atomic E-state index is 12.8. The van der Waals surface area contributed by atoms with Gasteiger partial charge in [0.05, 0.1) is 6.42 Å². The second-order valence-electron chi connectivity index (χ2n) is 11.0. The molecule has 5 heteroatoms. The van der Waals surface area contributed by atoms with Crippen molar-refractivity contribution in [2.45, 2.75) is 32.1 Å². The molecule has 0 bridgehead atoms. The van der Waals surface area contributed by atoms with E-state index in [1.54, 1.807) is 0 Å². The molecule has 158 valence electrons. The maximum absolute atomic E-state index is 12.8. The van der Waals surface area contributed by atoms with Gasteiger partial charge in [-0.25, -0.2) is 0 Å². The first-order valence-electron chi connectivity index (χ1n) is 11.9. The van der Waals surface area contributed by atoms with Gasteiger partial charge in [0.15, 0.2) is 5.17 Å². The Kier molecular flexibility index (Phi) is 3.66. The van der Waals surface area contributed by atoms with Gasteiger partial charge < -0.3 is 10.6 Å². The highest BCUT2D eigenvalue weighted by atomic mass is 32.2. The molecule has 6 saturated carbocycles. The summed E-state index contributed by atoms with van der Waals surface area (Å²) >= 11 is 1.38. The second-order valence-corrected chi connectivity index (χ2v) is 11.8. The molecule has 7 rings (SSSR count). The Bertz CT molecular complexity index is 897. The predicted molar refractivity (Wildman–Crippen MR) is 120 cm³/mol. The van der Waals surface area contributed by atoms with Crippen LogP contribution in [0.15, 0.2) is 24.3 Å². The minimum atomic E-state index is 0.182. The molecule has 1 aromatic carbocycles. The van der Waals surface area contributed by atoms with E-state index in [2.05, 4.69) is 10.6 Å². The lowest BCUT2D eigenvalue weighted by molar-refractivity contribution is -0.460. The Balaban J connectivity index is 1.00. The fourth-order valence-electron chi connectivity index (χ4n) is 9.40. The van der Waals surface area contributed by atoms with Crippen molar-refractivity contribution in [1.82, 2.24) is 5.32 Å². The molecular formula is C25H31N3OS. The molecule has 8 atom stereocenters. The Morgan fingerprint density at radius 3 is 2.13 bits per heavy atom. The normalized spacial score (nSPS) is 47.4. The third-order valence-corrected chi connectivity index (χ3v) is 11.1. The van der Waals surface area contributed by atoms with Crippen LogP contribution in [-0.4, -0.2) is 23.9 Å². The minimum absolute atomic E-state index is 0.182. The van der Waals surface area contributed by atoms with Gasteiger partial charge in [-0.3, -0.25) is 10.2 Å². The third-order valence-electron chi connectivity index (χ3n) is 10.6. The second kappa shape index (κ2) is 6.05. The van der Waals surface area contributed by atoms with Gasteiger partial charge in [-0.05, 0) is 108 Å². The van der Waals surface area contributed by atoms with E-state index < -0.39 is 0 Å². The first kappa shape index (κ1) is 18.1. The smallest absolute Gasteiger partial charge is 0.224 e. The number of anilines is 1. The van der Waals surface area contributed by atoms with E-state index >= 15 is 0 Å². The highest BCUT2D eigenvalue weighted by Gasteiger charge is 2.89. The monoisotopic (exact) mass is 421 g/mol. The lowest BCUT2D eigenvalue weighted by Crippen LogP contribution is -2.91. The molecule has 0 aromatic heterocycles. The SMILES string of the molecule is CSC(=N)Nc1ccc(CC(=O)NCC23C4C5CCC5C4C2C2C4CCC4C23)cc1. The molecule has 6 fully saturated rings. The average molecular weight is 422 g/mol. The first-order valence-corrected chi connectivity index (χ1v) is 13.1. The average Bonchev–Trinajstić information content (AvgIpc) is 2.70. The van der Waals surface area contributed by atoms with Crippen molar-refractivity contribution in [3.63, 3.8) is 0 Å². The summed E-state index contributed by atoms with van der Waals surface area (Å²) in [6, 6.07) is 7.94. The summed E-state index contributed by atoms with van der Waals surface area (Å²) in [6.07, 6.45) is 8.27. The van der Waals surface area contributed by atoms with Gasteiger partial charge in [0.25, 0.3) is 0 Å². The summed E-state index contributed by atoms with van der Waals surface area (Å²) in [5.41, 5.74) is 2.45. The number of amidine groups is 1. The third kappa shape index (κ3) is 2.02. The van der Waals surface area contributed by atoms with Crippen molar-refractivity contribution in [3.05, 3.63) is 29.8 Å². The molecule has 1 aromatic rings. The number of benzene rings is 1. The number of thioether (sulfide) groups is 1. The molecule has 30 heavy (non-hydrogen) atoms. The quantitative estimate of drug-likeness (QED) is 0.379. The van der Waals surface area contributed by atoms with Crippen LogP contribution in [0.3, 0.4) is 0 Å². The first-order chi connectivity index (χ1) is 14.6. The number of carbonyl (C=O) groups excluding carboxylic acids is 1. The summed E-state index contributed by atoms with van der Waals surface area (Å²) in [6.45, 7) is 0.954. The van der Waals surface area contributed by atoms with E-state index in [0.29, 0.717) is 17.0 Å². The van der Waals surface area contributed by atoms with Crippen molar-refractivity contribution >= 4 is 28.5 Å². The molecule has 4 nitrogen and oxygen atoms in total. The van der Waals surface area contributed by atoms with Gasteiger partial charge in [0.2, 0.25) is 5.91 Å². The molecule has 0 heterocycles. The van der Waals surface area contributed by atoms with E-state index in [1.807, 2.05) is 30.5 Å².